The van der Waals surface area contributed by atoms with E-state index >= 15 is 0 Å². The summed E-state index contributed by atoms with van der Waals surface area (Å²) in [6, 6.07) is 7.61. The highest BCUT2D eigenvalue weighted by molar-refractivity contribution is 8.15. The third-order valence-electron chi connectivity index (χ3n) is 4.00. The molecule has 0 spiro atoms. The van der Waals surface area contributed by atoms with Crippen molar-refractivity contribution in [2.75, 3.05) is 0 Å². The van der Waals surface area contributed by atoms with Gasteiger partial charge in [0.15, 0.2) is 0 Å². The first kappa shape index (κ1) is 20.0. The Morgan fingerprint density at radius 1 is 1.14 bits per heavy atom. The number of primary amides is 1. The van der Waals surface area contributed by atoms with Crippen molar-refractivity contribution < 1.29 is 19.2 Å². The number of nitrogens with two attached hydrogens (primary N) is 1. The first-order valence-corrected chi connectivity index (χ1v) is 9.11. The minimum Gasteiger partial charge on any atom is -0.364 e. The molecule has 1 unspecified atom stereocenters. The number of hydrogen-bond acceptors (Lipinski definition) is 7. The quantitative estimate of drug-likeness (QED) is 0.575. The van der Waals surface area contributed by atoms with Crippen LogP contribution in [0.15, 0.2) is 46.0 Å². The summed E-state index contributed by atoms with van der Waals surface area (Å²) in [5.74, 6) is -2.21. The summed E-state index contributed by atoms with van der Waals surface area (Å²) in [5.41, 5.74) is 3.99. The highest BCUT2D eigenvalue weighted by Gasteiger charge is 2.31. The van der Waals surface area contributed by atoms with Crippen LogP contribution in [0.3, 0.4) is 0 Å². The summed E-state index contributed by atoms with van der Waals surface area (Å²) >= 11 is 0.938. The average Bonchev–Trinajstić information content (AvgIpc) is 2.97. The van der Waals surface area contributed by atoms with Crippen molar-refractivity contribution in [3.05, 3.63) is 74.1 Å². The van der Waals surface area contributed by atoms with Gasteiger partial charge in [-0.05, 0) is 23.6 Å². The summed E-state index contributed by atoms with van der Waals surface area (Å²) in [4.78, 5) is 71.8. The van der Waals surface area contributed by atoms with E-state index in [1.165, 1.54) is 6.08 Å². The molecule has 11 heteroatoms. The van der Waals surface area contributed by atoms with Crippen LogP contribution in [0.4, 0.5) is 4.79 Å². The summed E-state index contributed by atoms with van der Waals surface area (Å²) < 4.78 is 0.338. The molecule has 0 bridgehead atoms. The van der Waals surface area contributed by atoms with E-state index in [0.717, 1.165) is 29.5 Å². The van der Waals surface area contributed by atoms with E-state index in [1.807, 2.05) is 0 Å². The monoisotopic (exact) mass is 414 g/mol. The zero-order valence-corrected chi connectivity index (χ0v) is 15.5. The molecule has 29 heavy (non-hydrogen) atoms. The van der Waals surface area contributed by atoms with Gasteiger partial charge in [0.05, 0.1) is 5.25 Å². The fourth-order valence-electron chi connectivity index (χ4n) is 2.59. The van der Waals surface area contributed by atoms with Crippen molar-refractivity contribution in [2.24, 2.45) is 5.73 Å². The Morgan fingerprint density at radius 3 is 2.38 bits per heavy atom. The molecule has 1 atom stereocenters. The van der Waals surface area contributed by atoms with E-state index in [9.17, 15) is 28.8 Å². The van der Waals surface area contributed by atoms with Crippen molar-refractivity contribution in [3.63, 3.8) is 0 Å². The number of carbonyl (C=O) groups is 4. The van der Waals surface area contributed by atoms with Crippen LogP contribution in [0.25, 0.3) is 6.08 Å². The van der Waals surface area contributed by atoms with Crippen LogP contribution in [-0.4, -0.2) is 37.8 Å². The van der Waals surface area contributed by atoms with Gasteiger partial charge < -0.3 is 10.7 Å². The van der Waals surface area contributed by atoms with Crippen LogP contribution < -0.4 is 22.3 Å². The molecule has 2 aromatic rings. The van der Waals surface area contributed by atoms with Gasteiger partial charge in [0.2, 0.25) is 5.91 Å². The molecule has 1 aromatic heterocycles. The molecule has 1 aliphatic rings. The standard InChI is InChI=1S/C18H14N4O6S/c19-15(25)11-8-14(24)22(17(27)20-11)13(23)6-5-9-1-3-10(4-2-9)7-12-16(26)21-18(28)29-12/h1-6,8,12H,7H2,(H2,19,25)(H,20,27)(H,21,26,28). The Labute approximate surface area is 166 Å². The van der Waals surface area contributed by atoms with Crippen molar-refractivity contribution in [1.29, 1.82) is 0 Å². The molecular formula is C18H14N4O6S. The molecule has 10 nitrogen and oxygen atoms in total. The molecule has 4 N–H and O–H groups in total. The molecule has 1 aromatic carbocycles. The van der Waals surface area contributed by atoms with E-state index < -0.39 is 28.3 Å². The van der Waals surface area contributed by atoms with Gasteiger partial charge >= 0.3 is 5.69 Å². The first-order valence-electron chi connectivity index (χ1n) is 8.23. The van der Waals surface area contributed by atoms with Crippen molar-refractivity contribution in [3.8, 4) is 0 Å². The largest absolute Gasteiger partial charge is 0.364 e. The highest BCUT2D eigenvalue weighted by Crippen LogP contribution is 2.23. The molecule has 0 aliphatic carbocycles. The fraction of sp³-hybridized carbons (Fsp3) is 0.111. The number of nitrogens with zero attached hydrogens (tertiary/aromatic N) is 1. The smallest absolute Gasteiger partial charge is 0.336 e. The van der Waals surface area contributed by atoms with Crippen LogP contribution >= 0.6 is 11.8 Å². The lowest BCUT2D eigenvalue weighted by molar-refractivity contribution is -0.118. The van der Waals surface area contributed by atoms with Gasteiger partial charge in [-0.2, -0.15) is 4.57 Å². The summed E-state index contributed by atoms with van der Waals surface area (Å²) in [6.07, 6.45) is 2.82. The lowest BCUT2D eigenvalue weighted by Crippen LogP contribution is -2.40. The van der Waals surface area contributed by atoms with Crippen molar-refractivity contribution >= 4 is 40.8 Å². The Bertz CT molecular complexity index is 1130. The van der Waals surface area contributed by atoms with Gasteiger partial charge in [-0.25, -0.2) is 4.79 Å². The topological polar surface area (TPSA) is 161 Å². The zero-order valence-electron chi connectivity index (χ0n) is 14.7. The van der Waals surface area contributed by atoms with Gasteiger partial charge in [-0.15, -0.1) is 0 Å². The minimum absolute atomic E-state index is 0.326. The van der Waals surface area contributed by atoms with Crippen molar-refractivity contribution in [1.82, 2.24) is 14.9 Å². The number of hydrogen-bond donors (Lipinski definition) is 3. The van der Waals surface area contributed by atoms with Crippen molar-refractivity contribution in [2.45, 2.75) is 11.7 Å². The van der Waals surface area contributed by atoms with Crippen LogP contribution in [0.1, 0.15) is 26.4 Å². The Balaban J connectivity index is 1.72. The fourth-order valence-corrected chi connectivity index (χ4v) is 3.44. The number of benzene rings is 1. The number of rotatable bonds is 5. The molecule has 3 amide bonds. The molecule has 0 saturated carbocycles. The molecule has 3 rings (SSSR count). The molecule has 1 saturated heterocycles. The lowest BCUT2D eigenvalue weighted by atomic mass is 10.1. The number of carbonyl (C=O) groups excluding carboxylic acids is 4. The van der Waals surface area contributed by atoms with E-state index in [1.54, 1.807) is 24.3 Å². The second kappa shape index (κ2) is 8.10. The number of imide groups is 1. The Hall–Kier alpha value is -3.73. The minimum atomic E-state index is -1.07. The van der Waals surface area contributed by atoms with Gasteiger partial charge in [0, 0.05) is 12.1 Å². The zero-order chi connectivity index (χ0) is 21.1. The average molecular weight is 414 g/mol. The molecule has 148 valence electrons. The second-order valence-electron chi connectivity index (χ2n) is 6.03. The first-order chi connectivity index (χ1) is 13.7. The van der Waals surface area contributed by atoms with Gasteiger partial charge in [-0.3, -0.25) is 29.3 Å². The third kappa shape index (κ3) is 4.58. The molecule has 1 fully saturated rings. The molecule has 1 aliphatic heterocycles. The maximum absolute atomic E-state index is 12.2. The SMILES string of the molecule is NC(=O)c1cc(=O)n(C(=O)C=Cc2ccc(CC3SC(=O)NC3=O)cc2)c(=O)[nH]1. The van der Waals surface area contributed by atoms with Gasteiger partial charge in [0.1, 0.15) is 5.69 Å². The molecule has 0 radical (unpaired) electrons. The Kier molecular flexibility index (Phi) is 5.59. The van der Waals surface area contributed by atoms with Crippen LogP contribution in [0.5, 0.6) is 0 Å². The maximum atomic E-state index is 12.2. The van der Waals surface area contributed by atoms with E-state index in [4.69, 9.17) is 5.73 Å². The van der Waals surface area contributed by atoms with Crippen LogP contribution in [0, 0.1) is 0 Å². The van der Waals surface area contributed by atoms with Gasteiger partial charge in [-0.1, -0.05) is 36.0 Å². The predicted octanol–water partition coefficient (Wildman–Crippen LogP) is -0.117. The molecule has 2 heterocycles. The number of H-pyrrole nitrogens is 1. The second-order valence-corrected chi connectivity index (χ2v) is 7.20. The maximum Gasteiger partial charge on any atom is 0.336 e. The summed E-state index contributed by atoms with van der Waals surface area (Å²) in [7, 11) is 0. The van der Waals surface area contributed by atoms with E-state index in [0.29, 0.717) is 16.6 Å². The summed E-state index contributed by atoms with van der Waals surface area (Å²) in [5, 5.41) is 1.37. The van der Waals surface area contributed by atoms with E-state index in [-0.39, 0.29) is 16.8 Å². The van der Waals surface area contributed by atoms with Crippen LogP contribution in [-0.2, 0) is 11.2 Å². The predicted molar refractivity (Wildman–Crippen MR) is 105 cm³/mol. The van der Waals surface area contributed by atoms with Crippen LogP contribution in [0.2, 0.25) is 0 Å². The summed E-state index contributed by atoms with van der Waals surface area (Å²) in [6.45, 7) is 0. The van der Waals surface area contributed by atoms with E-state index in [2.05, 4.69) is 10.3 Å². The Morgan fingerprint density at radius 2 is 1.83 bits per heavy atom. The number of aromatic amines is 1. The van der Waals surface area contributed by atoms with Gasteiger partial charge in [0.25, 0.3) is 22.6 Å². The number of aromatic nitrogens is 2. The number of thioether (sulfide) groups is 1. The number of nitrogens with one attached hydrogen (secondary N) is 2. The molecular weight excluding hydrogens is 400 g/mol. The normalized spacial score (nSPS) is 16.2. The number of amides is 3. The number of allylic oxidation sites excluding steroid dienone is 1. The third-order valence-corrected chi connectivity index (χ3v) is 4.99. The highest BCUT2D eigenvalue weighted by atomic mass is 32.2. The lowest BCUT2D eigenvalue weighted by Gasteiger charge is -2.05.